The van der Waals surface area contributed by atoms with Gasteiger partial charge in [0, 0.05) is 0 Å². The average Bonchev–Trinajstić information content (AvgIpc) is 3.09. The van der Waals surface area contributed by atoms with Gasteiger partial charge >= 0.3 is 5.97 Å². The third kappa shape index (κ3) is 2.86. The third-order valence-corrected chi connectivity index (χ3v) is 6.88. The highest BCUT2D eigenvalue weighted by molar-refractivity contribution is 5.83. The molecule has 0 atom stereocenters. The average molecular weight is 377 g/mol. The molecule has 1 heterocycles. The summed E-state index contributed by atoms with van der Waals surface area (Å²) in [6.07, 6.45) is 5.88. The molecule has 4 bridgehead atoms. The topological polar surface area (TPSA) is 99.0 Å². The van der Waals surface area contributed by atoms with E-state index in [9.17, 15) is 15.2 Å². The maximum absolute atomic E-state index is 12.8. The second-order valence-corrected chi connectivity index (χ2v) is 8.60. The molecule has 144 valence electrons. The lowest BCUT2D eigenvalue weighted by atomic mass is 9.52. The molecule has 4 aliphatic carbocycles. The lowest BCUT2D eigenvalue weighted by molar-refractivity contribution is -0.162. The fraction of sp³-hybridized carbons (Fsp3) is 0.500. The summed E-state index contributed by atoms with van der Waals surface area (Å²) in [4.78, 5) is 20.1. The summed E-state index contributed by atoms with van der Waals surface area (Å²) >= 11 is 0. The number of carbonyl (C=O) groups is 1. The summed E-state index contributed by atoms with van der Waals surface area (Å²) in [5.74, 6) is 2.20. The van der Waals surface area contributed by atoms with Crippen molar-refractivity contribution in [3.05, 3.63) is 35.8 Å². The molecule has 0 aliphatic heterocycles. The summed E-state index contributed by atoms with van der Waals surface area (Å²) < 4.78 is 5.47. The molecular weight excluding hydrogens is 354 g/mol. The second-order valence-electron chi connectivity index (χ2n) is 8.60. The van der Waals surface area contributed by atoms with Gasteiger partial charge in [0.15, 0.2) is 11.6 Å². The minimum atomic E-state index is -0.290. The normalized spacial score (nSPS) is 31.5. The third-order valence-electron chi connectivity index (χ3n) is 6.88. The molecule has 4 saturated carbocycles. The molecule has 2 N–H and O–H groups in total. The largest absolute Gasteiger partial charge is 0.507 e. The number of para-hydroxylation sites is 2. The van der Waals surface area contributed by atoms with Crippen molar-refractivity contribution in [1.29, 1.82) is 5.26 Å². The Balaban J connectivity index is 1.31. The van der Waals surface area contributed by atoms with Crippen LogP contribution in [-0.4, -0.2) is 27.7 Å². The molecule has 4 aliphatic rings. The molecule has 6 nitrogen and oxygen atoms in total. The molecule has 4 fully saturated rings. The summed E-state index contributed by atoms with van der Waals surface area (Å²) in [6, 6.07) is 9.38. The number of esters is 1. The highest BCUT2D eigenvalue weighted by Crippen LogP contribution is 2.56. The first-order valence-electron chi connectivity index (χ1n) is 10.1. The van der Waals surface area contributed by atoms with Crippen LogP contribution in [0.5, 0.6) is 0 Å². The summed E-state index contributed by atoms with van der Waals surface area (Å²) in [5.41, 5.74) is 1.50. The zero-order valence-electron chi connectivity index (χ0n) is 15.6. The highest BCUT2D eigenvalue weighted by Gasteiger charge is 2.51. The van der Waals surface area contributed by atoms with Crippen molar-refractivity contribution in [1.82, 2.24) is 9.97 Å². The van der Waals surface area contributed by atoms with E-state index < -0.39 is 0 Å². The van der Waals surface area contributed by atoms with Crippen LogP contribution in [0.1, 0.15) is 37.9 Å². The molecule has 6 rings (SSSR count). The zero-order chi connectivity index (χ0) is 19.3. The minimum Gasteiger partial charge on any atom is -0.507 e. The van der Waals surface area contributed by atoms with Crippen LogP contribution in [0.4, 0.5) is 0 Å². The smallest absolute Gasteiger partial charge is 0.309 e. The van der Waals surface area contributed by atoms with E-state index in [1.54, 1.807) is 0 Å². The number of hydrogen-bond donors (Lipinski definition) is 2. The SMILES string of the molecule is N#C/C(=C(/O)COC(=O)C1C2CC3CC(C2)CC1C3)c1nc2ccccc2[nH]1. The molecule has 1 aromatic heterocycles. The number of fused-ring (bicyclic) bond motifs is 1. The van der Waals surface area contributed by atoms with Gasteiger partial charge in [-0.15, -0.1) is 0 Å². The number of carbonyl (C=O) groups excluding carboxylic acids is 1. The first-order chi connectivity index (χ1) is 13.6. The van der Waals surface area contributed by atoms with Crippen LogP contribution < -0.4 is 0 Å². The quantitative estimate of drug-likeness (QED) is 0.477. The van der Waals surface area contributed by atoms with Crippen molar-refractivity contribution in [2.45, 2.75) is 32.1 Å². The minimum absolute atomic E-state index is 0.00841. The van der Waals surface area contributed by atoms with Gasteiger partial charge in [-0.25, -0.2) is 4.98 Å². The number of H-pyrrole nitrogens is 1. The molecular formula is C22H23N3O3. The maximum atomic E-state index is 12.8. The van der Waals surface area contributed by atoms with Crippen LogP contribution in [-0.2, 0) is 9.53 Å². The predicted octanol–water partition coefficient (Wildman–Crippen LogP) is 3.97. The Kier molecular flexibility index (Phi) is 4.12. The van der Waals surface area contributed by atoms with E-state index in [0.717, 1.165) is 43.0 Å². The summed E-state index contributed by atoms with van der Waals surface area (Å²) in [7, 11) is 0. The lowest BCUT2D eigenvalue weighted by Gasteiger charge is -2.53. The van der Waals surface area contributed by atoms with E-state index in [0.29, 0.717) is 17.4 Å². The van der Waals surface area contributed by atoms with Gasteiger partial charge in [-0.1, -0.05) is 12.1 Å². The van der Waals surface area contributed by atoms with E-state index in [1.807, 2.05) is 30.3 Å². The van der Waals surface area contributed by atoms with Crippen LogP contribution in [0.25, 0.3) is 16.6 Å². The number of aliphatic hydroxyl groups excluding tert-OH is 1. The number of ether oxygens (including phenoxy) is 1. The second kappa shape index (κ2) is 6.66. The zero-order valence-corrected chi connectivity index (χ0v) is 15.6. The maximum Gasteiger partial charge on any atom is 0.309 e. The van der Waals surface area contributed by atoms with Crippen molar-refractivity contribution in [3.8, 4) is 6.07 Å². The van der Waals surface area contributed by atoms with Gasteiger partial charge in [-0.3, -0.25) is 4.79 Å². The molecule has 1 aromatic carbocycles. The van der Waals surface area contributed by atoms with Gasteiger partial charge in [0.1, 0.15) is 18.2 Å². The monoisotopic (exact) mass is 377 g/mol. The van der Waals surface area contributed by atoms with Gasteiger partial charge in [0.2, 0.25) is 0 Å². The molecule has 2 aromatic rings. The van der Waals surface area contributed by atoms with Gasteiger partial charge in [-0.05, 0) is 67.9 Å². The van der Waals surface area contributed by atoms with E-state index >= 15 is 0 Å². The van der Waals surface area contributed by atoms with Gasteiger partial charge in [0.25, 0.3) is 0 Å². The number of rotatable bonds is 4. The molecule has 0 spiro atoms. The summed E-state index contributed by atoms with van der Waals surface area (Å²) in [5, 5.41) is 19.9. The van der Waals surface area contributed by atoms with E-state index in [-0.39, 0.29) is 35.7 Å². The highest BCUT2D eigenvalue weighted by atomic mass is 16.5. The van der Waals surface area contributed by atoms with Crippen molar-refractivity contribution >= 4 is 22.6 Å². The fourth-order valence-electron chi connectivity index (χ4n) is 5.94. The Hall–Kier alpha value is -2.81. The number of nitrogens with one attached hydrogen (secondary N) is 1. The van der Waals surface area contributed by atoms with Gasteiger partial charge in [-0.2, -0.15) is 5.26 Å². The van der Waals surface area contributed by atoms with Crippen molar-refractivity contribution < 1.29 is 14.6 Å². The first kappa shape index (κ1) is 17.3. The van der Waals surface area contributed by atoms with Crippen LogP contribution in [0.3, 0.4) is 0 Å². The van der Waals surface area contributed by atoms with E-state index in [4.69, 9.17) is 4.74 Å². The molecule has 28 heavy (non-hydrogen) atoms. The number of aromatic amines is 1. The Labute approximate surface area is 163 Å². The van der Waals surface area contributed by atoms with Crippen LogP contribution in [0.15, 0.2) is 30.0 Å². The van der Waals surface area contributed by atoms with Crippen molar-refractivity contribution in [2.24, 2.45) is 29.6 Å². The van der Waals surface area contributed by atoms with Crippen LogP contribution in [0, 0.1) is 40.9 Å². The molecule has 0 amide bonds. The Bertz CT molecular complexity index is 939. The van der Waals surface area contributed by atoms with Crippen LogP contribution >= 0.6 is 0 Å². The number of aliphatic hydroxyl groups is 1. The molecule has 6 heteroatoms. The first-order valence-corrected chi connectivity index (χ1v) is 10.1. The number of nitriles is 1. The van der Waals surface area contributed by atoms with Gasteiger partial charge < -0.3 is 14.8 Å². The van der Waals surface area contributed by atoms with Gasteiger partial charge in [0.05, 0.1) is 17.0 Å². The Morgan fingerprint density at radius 1 is 1.18 bits per heavy atom. The number of allylic oxidation sites excluding steroid dienone is 1. The number of nitrogens with zero attached hydrogens (tertiary/aromatic N) is 2. The molecule has 0 saturated heterocycles. The molecule has 0 radical (unpaired) electrons. The number of hydrogen-bond acceptors (Lipinski definition) is 5. The van der Waals surface area contributed by atoms with Crippen LogP contribution in [0.2, 0.25) is 0 Å². The lowest BCUT2D eigenvalue weighted by Crippen LogP contribution is -2.48. The van der Waals surface area contributed by atoms with E-state index in [1.165, 1.54) is 6.42 Å². The molecule has 0 unspecified atom stereocenters. The standard InChI is InChI=1S/C22H23N3O3/c23-10-16(21-24-17-3-1-2-4-18(17)25-21)19(26)11-28-22(27)20-14-6-12-5-13(8-14)9-15(20)7-12/h1-4,12-15,20,26H,5-9,11H2,(H,24,25)/b19-16-. The number of imidazole rings is 1. The van der Waals surface area contributed by atoms with Crippen molar-refractivity contribution in [3.63, 3.8) is 0 Å². The van der Waals surface area contributed by atoms with E-state index in [2.05, 4.69) is 9.97 Å². The fourth-order valence-corrected chi connectivity index (χ4v) is 5.94. The summed E-state index contributed by atoms with van der Waals surface area (Å²) in [6.45, 7) is -0.290. The Morgan fingerprint density at radius 2 is 1.86 bits per heavy atom. The predicted molar refractivity (Wildman–Crippen MR) is 103 cm³/mol. The number of aromatic nitrogens is 2. The number of benzene rings is 1. The van der Waals surface area contributed by atoms with Crippen molar-refractivity contribution in [2.75, 3.05) is 6.61 Å². The Morgan fingerprint density at radius 3 is 2.50 bits per heavy atom.